The number of methoxy groups -OCH3 is 2. The normalized spacial score (nSPS) is 11.0. The average molecular weight is 332 g/mol. The zero-order chi connectivity index (χ0) is 17.4. The molecule has 2 heterocycles. The predicted octanol–water partition coefficient (Wildman–Crippen LogP) is 3.98. The highest BCUT2D eigenvalue weighted by Gasteiger charge is 2.17. The van der Waals surface area contributed by atoms with Crippen LogP contribution in [0, 0.1) is 0 Å². The number of aldehydes is 1. The molecule has 0 unspecified atom stereocenters. The fourth-order valence-electron chi connectivity index (χ4n) is 3.10. The minimum absolute atomic E-state index is 0.507. The second kappa shape index (κ2) is 5.94. The molecule has 25 heavy (non-hydrogen) atoms. The largest absolute Gasteiger partial charge is 0.493 e. The number of carbonyl (C=O) groups is 1. The van der Waals surface area contributed by atoms with Crippen molar-refractivity contribution < 1.29 is 14.3 Å². The van der Waals surface area contributed by atoms with Crippen LogP contribution in [0.2, 0.25) is 0 Å². The van der Waals surface area contributed by atoms with Gasteiger partial charge >= 0.3 is 0 Å². The van der Waals surface area contributed by atoms with Gasteiger partial charge in [0.2, 0.25) is 0 Å². The van der Waals surface area contributed by atoms with Gasteiger partial charge in [-0.2, -0.15) is 0 Å². The van der Waals surface area contributed by atoms with Crippen molar-refractivity contribution in [1.82, 2.24) is 9.38 Å². The van der Waals surface area contributed by atoms with Gasteiger partial charge in [-0.3, -0.25) is 9.20 Å². The van der Waals surface area contributed by atoms with Crippen molar-refractivity contribution in [2.24, 2.45) is 0 Å². The van der Waals surface area contributed by atoms with Gasteiger partial charge in [0.15, 0.2) is 17.8 Å². The van der Waals surface area contributed by atoms with Gasteiger partial charge in [-0.15, -0.1) is 0 Å². The summed E-state index contributed by atoms with van der Waals surface area (Å²) in [5.41, 5.74) is 2.68. The minimum atomic E-state index is 0.507. The Morgan fingerprint density at radius 3 is 2.56 bits per heavy atom. The number of pyridine rings is 1. The topological polar surface area (TPSA) is 52.8 Å². The highest BCUT2D eigenvalue weighted by molar-refractivity contribution is 5.97. The lowest BCUT2D eigenvalue weighted by Crippen LogP contribution is -1.94. The predicted molar refractivity (Wildman–Crippen MR) is 96.6 cm³/mol. The standard InChI is InChI=1S/C20H16N2O3/c1-24-17-8-7-14(11-18(17)25-2)19-16(12-23)22-10-9-13-5-3-4-6-15(13)20(22)21-19/h3-12H,1-2H3. The van der Waals surface area contributed by atoms with E-state index < -0.39 is 0 Å². The molecule has 0 saturated heterocycles. The number of aromatic nitrogens is 2. The molecule has 4 rings (SSSR count). The number of fused-ring (bicyclic) bond motifs is 3. The summed E-state index contributed by atoms with van der Waals surface area (Å²) in [4.78, 5) is 16.5. The molecule has 4 aromatic rings. The number of carbonyl (C=O) groups excluding carboxylic acids is 1. The third-order valence-corrected chi connectivity index (χ3v) is 4.32. The van der Waals surface area contributed by atoms with E-state index in [1.54, 1.807) is 14.2 Å². The van der Waals surface area contributed by atoms with E-state index in [2.05, 4.69) is 0 Å². The molecule has 0 bridgehead atoms. The van der Waals surface area contributed by atoms with Crippen LogP contribution >= 0.6 is 0 Å². The van der Waals surface area contributed by atoms with Crippen LogP contribution in [0.5, 0.6) is 11.5 Å². The molecule has 0 fully saturated rings. The van der Waals surface area contributed by atoms with Crippen molar-refractivity contribution in [3.05, 3.63) is 60.4 Å². The minimum Gasteiger partial charge on any atom is -0.493 e. The summed E-state index contributed by atoms with van der Waals surface area (Å²) in [6, 6.07) is 15.5. The Morgan fingerprint density at radius 2 is 1.80 bits per heavy atom. The number of ether oxygens (including phenoxy) is 2. The Bertz CT molecular complexity index is 1100. The van der Waals surface area contributed by atoms with E-state index in [1.807, 2.05) is 59.1 Å². The molecule has 2 aromatic carbocycles. The van der Waals surface area contributed by atoms with Crippen molar-refractivity contribution in [2.45, 2.75) is 0 Å². The second-order valence-electron chi connectivity index (χ2n) is 5.63. The quantitative estimate of drug-likeness (QED) is 0.530. The van der Waals surface area contributed by atoms with Gasteiger partial charge in [0.05, 0.1) is 14.2 Å². The van der Waals surface area contributed by atoms with Crippen LogP contribution in [0.4, 0.5) is 0 Å². The zero-order valence-electron chi connectivity index (χ0n) is 13.9. The van der Waals surface area contributed by atoms with Gasteiger partial charge in [0.1, 0.15) is 17.0 Å². The highest BCUT2D eigenvalue weighted by atomic mass is 16.5. The first kappa shape index (κ1) is 15.2. The van der Waals surface area contributed by atoms with Crippen molar-refractivity contribution in [3.8, 4) is 22.8 Å². The third-order valence-electron chi connectivity index (χ3n) is 4.32. The fourth-order valence-corrected chi connectivity index (χ4v) is 3.10. The fraction of sp³-hybridized carbons (Fsp3) is 0.100. The maximum Gasteiger partial charge on any atom is 0.169 e. The van der Waals surface area contributed by atoms with Crippen LogP contribution in [0.15, 0.2) is 54.7 Å². The van der Waals surface area contributed by atoms with E-state index >= 15 is 0 Å². The van der Waals surface area contributed by atoms with Crippen LogP contribution in [0.1, 0.15) is 10.5 Å². The number of rotatable bonds is 4. The van der Waals surface area contributed by atoms with E-state index in [-0.39, 0.29) is 0 Å². The number of benzene rings is 2. The summed E-state index contributed by atoms with van der Waals surface area (Å²) in [6.07, 6.45) is 2.71. The molecule has 0 aliphatic carbocycles. The molecule has 0 atom stereocenters. The van der Waals surface area contributed by atoms with E-state index in [0.717, 1.165) is 28.3 Å². The summed E-state index contributed by atoms with van der Waals surface area (Å²) in [6.45, 7) is 0. The van der Waals surface area contributed by atoms with Crippen molar-refractivity contribution in [3.63, 3.8) is 0 Å². The number of imidazole rings is 1. The van der Waals surface area contributed by atoms with E-state index in [0.29, 0.717) is 22.9 Å². The first-order valence-electron chi connectivity index (χ1n) is 7.84. The molecule has 0 saturated carbocycles. The lowest BCUT2D eigenvalue weighted by molar-refractivity contribution is 0.111. The first-order valence-corrected chi connectivity index (χ1v) is 7.84. The van der Waals surface area contributed by atoms with Gasteiger partial charge in [-0.1, -0.05) is 24.3 Å². The van der Waals surface area contributed by atoms with Crippen LogP contribution in [-0.2, 0) is 0 Å². The first-order chi connectivity index (χ1) is 12.3. The van der Waals surface area contributed by atoms with Crippen LogP contribution < -0.4 is 9.47 Å². The summed E-state index contributed by atoms with van der Waals surface area (Å²) < 4.78 is 12.5. The van der Waals surface area contributed by atoms with Crippen LogP contribution in [0.3, 0.4) is 0 Å². The van der Waals surface area contributed by atoms with Gasteiger partial charge in [0.25, 0.3) is 0 Å². The van der Waals surface area contributed by atoms with Gasteiger partial charge in [0, 0.05) is 17.1 Å². The highest BCUT2D eigenvalue weighted by Crippen LogP contribution is 2.34. The summed E-state index contributed by atoms with van der Waals surface area (Å²) >= 11 is 0. The molecule has 0 radical (unpaired) electrons. The lowest BCUT2D eigenvalue weighted by Gasteiger charge is -2.08. The Labute approximate surface area is 144 Å². The molecule has 0 aliphatic rings. The lowest BCUT2D eigenvalue weighted by atomic mass is 10.1. The Balaban J connectivity index is 2.01. The summed E-state index contributed by atoms with van der Waals surface area (Å²) in [7, 11) is 3.17. The number of nitrogens with zero attached hydrogens (tertiary/aromatic N) is 2. The van der Waals surface area contributed by atoms with Crippen molar-refractivity contribution in [1.29, 1.82) is 0 Å². The van der Waals surface area contributed by atoms with Crippen molar-refractivity contribution >= 4 is 22.7 Å². The van der Waals surface area contributed by atoms with E-state index in [4.69, 9.17) is 14.5 Å². The zero-order valence-corrected chi connectivity index (χ0v) is 13.9. The van der Waals surface area contributed by atoms with Gasteiger partial charge < -0.3 is 9.47 Å². The molecule has 0 spiro atoms. The Hall–Kier alpha value is -3.34. The Kier molecular flexibility index (Phi) is 3.61. The molecule has 0 aliphatic heterocycles. The van der Waals surface area contributed by atoms with Crippen LogP contribution in [-0.4, -0.2) is 29.9 Å². The monoisotopic (exact) mass is 332 g/mol. The third kappa shape index (κ3) is 2.32. The molecule has 2 aromatic heterocycles. The smallest absolute Gasteiger partial charge is 0.169 e. The molecule has 124 valence electrons. The van der Waals surface area contributed by atoms with Gasteiger partial charge in [-0.25, -0.2) is 4.98 Å². The molecular formula is C20H16N2O3. The number of hydrogen-bond acceptors (Lipinski definition) is 4. The maximum absolute atomic E-state index is 11.8. The SMILES string of the molecule is COc1ccc(-c2nc3c4ccccc4ccn3c2C=O)cc1OC. The second-order valence-corrected chi connectivity index (χ2v) is 5.63. The van der Waals surface area contributed by atoms with Crippen molar-refractivity contribution in [2.75, 3.05) is 14.2 Å². The molecule has 0 N–H and O–H groups in total. The van der Waals surface area contributed by atoms with Gasteiger partial charge in [-0.05, 0) is 29.7 Å². The van der Waals surface area contributed by atoms with E-state index in [1.165, 1.54) is 0 Å². The Morgan fingerprint density at radius 1 is 1.00 bits per heavy atom. The van der Waals surface area contributed by atoms with E-state index in [9.17, 15) is 4.79 Å². The molecule has 5 heteroatoms. The van der Waals surface area contributed by atoms with Crippen LogP contribution in [0.25, 0.3) is 27.7 Å². The average Bonchev–Trinajstić information content (AvgIpc) is 3.06. The summed E-state index contributed by atoms with van der Waals surface area (Å²) in [5, 5.41) is 2.08. The molecular weight excluding hydrogens is 316 g/mol. The maximum atomic E-state index is 11.8. The molecule has 5 nitrogen and oxygen atoms in total. The molecule has 0 amide bonds. The summed E-state index contributed by atoms with van der Waals surface area (Å²) in [5.74, 6) is 1.23. The number of hydrogen-bond donors (Lipinski definition) is 0.